The van der Waals surface area contributed by atoms with E-state index in [9.17, 15) is 0 Å². The largest absolute Gasteiger partial charge is 0.370 e. The summed E-state index contributed by atoms with van der Waals surface area (Å²) in [6.07, 6.45) is 42.4. The smallest absolute Gasteiger partial charge is 0.0847 e. The number of thioether (sulfide) groups is 1. The van der Waals surface area contributed by atoms with Crippen molar-refractivity contribution in [3.63, 3.8) is 0 Å². The van der Waals surface area contributed by atoms with Crippen LogP contribution in [0.5, 0.6) is 0 Å². The fourth-order valence-electron chi connectivity index (χ4n) is 15.3. The molecule has 7 aliphatic carbocycles. The molecule has 0 radical (unpaired) electrons. The molecule has 14 unspecified atom stereocenters. The predicted molar refractivity (Wildman–Crippen MR) is 266 cm³/mol. The lowest BCUT2D eigenvalue weighted by Crippen LogP contribution is -2.57. The molecular formula is C60H71NO2S. The Hall–Kier alpha value is -3.57. The van der Waals surface area contributed by atoms with E-state index >= 15 is 0 Å². The highest BCUT2D eigenvalue weighted by Gasteiger charge is 2.54. The van der Waals surface area contributed by atoms with Crippen LogP contribution in [0, 0.1) is 41.4 Å². The van der Waals surface area contributed by atoms with Crippen LogP contribution >= 0.6 is 11.8 Å². The molecule has 0 amide bonds. The minimum atomic E-state index is 0.207. The van der Waals surface area contributed by atoms with Crippen LogP contribution in [0.4, 0.5) is 11.4 Å². The van der Waals surface area contributed by atoms with Crippen LogP contribution in [-0.2, 0) is 9.47 Å². The summed E-state index contributed by atoms with van der Waals surface area (Å²) in [5.74, 6) is 6.93. The van der Waals surface area contributed by atoms with Crippen molar-refractivity contribution in [2.24, 2.45) is 41.4 Å². The topological polar surface area (TPSA) is 21.7 Å². The van der Waals surface area contributed by atoms with Gasteiger partial charge in [0.1, 0.15) is 0 Å². The molecule has 3 aromatic carbocycles. The third-order valence-electron chi connectivity index (χ3n) is 18.2. The Morgan fingerprint density at radius 3 is 2.25 bits per heavy atom. The van der Waals surface area contributed by atoms with Gasteiger partial charge >= 0.3 is 0 Å². The number of anilines is 2. The van der Waals surface area contributed by atoms with Gasteiger partial charge in [-0.1, -0.05) is 124 Å². The molecule has 2 aliphatic heterocycles. The summed E-state index contributed by atoms with van der Waals surface area (Å²) in [5, 5.41) is 0.509. The quantitative estimate of drug-likeness (QED) is 0.221. The van der Waals surface area contributed by atoms with Gasteiger partial charge in [0.25, 0.3) is 0 Å². The van der Waals surface area contributed by atoms with E-state index < -0.39 is 0 Å². The van der Waals surface area contributed by atoms with Crippen molar-refractivity contribution < 1.29 is 9.47 Å². The number of rotatable bonds is 7. The van der Waals surface area contributed by atoms with Gasteiger partial charge in [0, 0.05) is 38.7 Å². The van der Waals surface area contributed by atoms with Crippen molar-refractivity contribution in [3.8, 4) is 0 Å². The Labute approximate surface area is 388 Å². The van der Waals surface area contributed by atoms with Gasteiger partial charge in [-0.25, -0.2) is 0 Å². The third kappa shape index (κ3) is 7.88. The molecule has 9 aliphatic rings. The van der Waals surface area contributed by atoms with E-state index in [0.717, 1.165) is 67.1 Å². The molecular weight excluding hydrogens is 799 g/mol. The molecule has 334 valence electrons. The maximum Gasteiger partial charge on any atom is 0.0847 e. The van der Waals surface area contributed by atoms with E-state index in [1.807, 2.05) is 11.8 Å². The Kier molecular flexibility index (Phi) is 11.9. The van der Waals surface area contributed by atoms with Gasteiger partial charge in [-0.15, -0.1) is 11.8 Å². The molecule has 0 aromatic heterocycles. The first-order chi connectivity index (χ1) is 31.7. The number of hydrogen-bond donors (Lipinski definition) is 0. The number of nitrogens with zero attached hydrogens (tertiary/aromatic N) is 1. The molecule has 12 rings (SSSR count). The highest BCUT2D eigenvalue weighted by molar-refractivity contribution is 8.00. The molecule has 1 saturated heterocycles. The fourth-order valence-corrected chi connectivity index (χ4v) is 16.6. The summed E-state index contributed by atoms with van der Waals surface area (Å²) in [6.45, 7) is 2.33. The van der Waals surface area contributed by atoms with Crippen molar-refractivity contribution in [1.82, 2.24) is 0 Å². The number of fused-ring (bicyclic) bond motifs is 10. The first-order valence-corrected chi connectivity index (χ1v) is 27.0. The van der Waals surface area contributed by atoms with Gasteiger partial charge < -0.3 is 14.4 Å². The Bertz CT molecular complexity index is 2290. The average Bonchev–Trinajstić information content (AvgIpc) is 3.73. The summed E-state index contributed by atoms with van der Waals surface area (Å²) in [7, 11) is 0. The Morgan fingerprint density at radius 2 is 1.41 bits per heavy atom. The number of hydrogen-bond acceptors (Lipinski definition) is 4. The van der Waals surface area contributed by atoms with Gasteiger partial charge in [-0.05, 0) is 177 Å². The van der Waals surface area contributed by atoms with Crippen LogP contribution in [-0.4, -0.2) is 29.7 Å². The van der Waals surface area contributed by atoms with Gasteiger partial charge in [0.05, 0.1) is 24.4 Å². The fraction of sp³-hybridized carbons (Fsp3) is 0.533. The molecule has 4 heteroatoms. The molecule has 2 heterocycles. The summed E-state index contributed by atoms with van der Waals surface area (Å²) in [6, 6.07) is 28.0. The van der Waals surface area contributed by atoms with E-state index in [0.29, 0.717) is 23.2 Å². The highest BCUT2D eigenvalue weighted by Crippen LogP contribution is 2.58. The molecule has 14 atom stereocenters. The normalized spacial score (nSPS) is 37.6. The lowest BCUT2D eigenvalue weighted by Gasteiger charge is -2.57. The summed E-state index contributed by atoms with van der Waals surface area (Å²) in [4.78, 5) is 3.98. The molecule has 5 saturated carbocycles. The van der Waals surface area contributed by atoms with Crippen LogP contribution in [0.25, 0.3) is 5.57 Å². The van der Waals surface area contributed by atoms with E-state index in [1.54, 1.807) is 0 Å². The van der Waals surface area contributed by atoms with Crippen molar-refractivity contribution in [2.75, 3.05) is 4.90 Å². The van der Waals surface area contributed by atoms with Gasteiger partial charge in [-0.3, -0.25) is 0 Å². The molecule has 0 spiro atoms. The van der Waals surface area contributed by atoms with Gasteiger partial charge in [0.2, 0.25) is 0 Å². The highest BCUT2D eigenvalue weighted by atomic mass is 32.2. The minimum Gasteiger partial charge on any atom is -0.370 e. The number of allylic oxidation sites excluding steroid dienone is 9. The lowest BCUT2D eigenvalue weighted by atomic mass is 9.52. The van der Waals surface area contributed by atoms with Crippen LogP contribution < -0.4 is 4.90 Å². The van der Waals surface area contributed by atoms with E-state index in [4.69, 9.17) is 9.47 Å². The average molecular weight is 870 g/mol. The third-order valence-corrected chi connectivity index (χ3v) is 19.5. The van der Waals surface area contributed by atoms with E-state index in [1.165, 1.54) is 128 Å². The van der Waals surface area contributed by atoms with Crippen molar-refractivity contribution in [1.29, 1.82) is 0 Å². The van der Waals surface area contributed by atoms with Gasteiger partial charge in [-0.2, -0.15) is 0 Å². The zero-order valence-corrected chi connectivity index (χ0v) is 39.1. The first-order valence-electron chi connectivity index (χ1n) is 26.1. The number of benzene rings is 3. The van der Waals surface area contributed by atoms with Gasteiger partial charge in [0.15, 0.2) is 0 Å². The van der Waals surface area contributed by atoms with Crippen LogP contribution in [0.3, 0.4) is 0 Å². The van der Waals surface area contributed by atoms with Crippen molar-refractivity contribution >= 4 is 28.7 Å². The predicted octanol–water partition coefficient (Wildman–Crippen LogP) is 15.7. The number of ether oxygens (including phenoxy) is 2. The van der Waals surface area contributed by atoms with Crippen LogP contribution in [0.15, 0.2) is 132 Å². The second-order valence-corrected chi connectivity index (χ2v) is 22.7. The maximum absolute atomic E-state index is 7.42. The summed E-state index contributed by atoms with van der Waals surface area (Å²) in [5.41, 5.74) is 9.46. The molecule has 0 N–H and O–H groups in total. The standard InChI is InChI=1S/C60H71NO2S/c1-2-3-15-41-34-42-16-7-8-20-47(42)51-37-57-58(38-52(51)49-22-10-9-19-46(41)49)63-56-36-40(28-32-55(56)62-57)39-26-30-45(31-27-39)61(44-17-5-4-6-18-44)54-24-13-11-21-48(54)43-29-33-60-53(35-43)50-23-12-14-25-59(50)64-60/h3-6,11-12,14-15,17-18,21,23,25-27,29-31,33,35,40-42,46-47,49-52,55-59H,2,7-10,13,16,19-20,22,24,28,32,34,36-38H2,1H3/b15-3-. The van der Waals surface area contributed by atoms with Crippen LogP contribution in [0.1, 0.15) is 145 Å². The number of para-hydroxylation sites is 1. The monoisotopic (exact) mass is 870 g/mol. The molecule has 3 aromatic rings. The van der Waals surface area contributed by atoms with E-state index in [2.05, 4.69) is 133 Å². The Balaban J connectivity index is 0.789. The molecule has 3 nitrogen and oxygen atoms in total. The maximum atomic E-state index is 7.42. The van der Waals surface area contributed by atoms with Crippen molar-refractivity contribution in [2.45, 2.75) is 162 Å². The molecule has 64 heavy (non-hydrogen) atoms. The minimum absolute atomic E-state index is 0.207. The SMILES string of the molecule is CC/C=C\C1CC2CCCCC2C2CC3OC4CCC(c5ccc(N(C6=C(c7ccc8c(c7)C7C=CC=CC7S8)C=CCC6)c6ccccc6)cc5)CC4OC3CC2C2CCCCC12. The summed E-state index contributed by atoms with van der Waals surface area (Å²) < 4.78 is 14.7. The zero-order chi connectivity index (χ0) is 42.6. The molecule has 0 bridgehead atoms. The van der Waals surface area contributed by atoms with E-state index in [-0.39, 0.29) is 18.3 Å². The van der Waals surface area contributed by atoms with Crippen molar-refractivity contribution in [3.05, 3.63) is 144 Å². The Morgan fingerprint density at radius 1 is 0.672 bits per heavy atom. The summed E-state index contributed by atoms with van der Waals surface area (Å²) >= 11 is 2.01. The first kappa shape index (κ1) is 41.8. The molecule has 6 fully saturated rings. The lowest BCUT2D eigenvalue weighted by molar-refractivity contribution is -0.259. The second kappa shape index (κ2) is 18.3. The van der Waals surface area contributed by atoms with Crippen LogP contribution in [0.2, 0.25) is 0 Å². The zero-order valence-electron chi connectivity index (χ0n) is 38.3. The second-order valence-electron chi connectivity index (χ2n) is 21.5.